The summed E-state index contributed by atoms with van der Waals surface area (Å²) in [4.78, 5) is 0. The van der Waals surface area contributed by atoms with Crippen LogP contribution in [0.25, 0.3) is 5.69 Å². The van der Waals surface area contributed by atoms with Gasteiger partial charge in [-0.2, -0.15) is 5.10 Å². The highest BCUT2D eigenvalue weighted by Crippen LogP contribution is 2.38. The Bertz CT molecular complexity index is 914. The van der Waals surface area contributed by atoms with Gasteiger partial charge in [-0.25, -0.2) is 4.68 Å². The Morgan fingerprint density at radius 3 is 2.42 bits per heavy atom. The molecule has 0 unspecified atom stereocenters. The van der Waals surface area contributed by atoms with Crippen molar-refractivity contribution in [1.82, 2.24) is 19.7 Å². The lowest BCUT2D eigenvalue weighted by molar-refractivity contribution is 0.666. The smallest absolute Gasteiger partial charge is 0.0648 e. The summed E-state index contributed by atoms with van der Waals surface area (Å²) >= 11 is 0. The summed E-state index contributed by atoms with van der Waals surface area (Å²) in [7, 11) is 0. The SMILES string of the molecule is Cc1nn(-c2ccccc2)c(C)c1CNCc1cc(C)n(C2CC2)c1C. The second kappa shape index (κ2) is 6.76. The van der Waals surface area contributed by atoms with E-state index in [4.69, 9.17) is 5.10 Å². The van der Waals surface area contributed by atoms with E-state index in [-0.39, 0.29) is 0 Å². The molecule has 1 aliphatic rings. The first-order valence-corrected chi connectivity index (χ1v) is 9.54. The zero-order valence-corrected chi connectivity index (χ0v) is 16.2. The first-order valence-electron chi connectivity index (χ1n) is 9.54. The molecule has 136 valence electrons. The second-order valence-corrected chi connectivity index (χ2v) is 7.50. The zero-order chi connectivity index (χ0) is 18.3. The van der Waals surface area contributed by atoms with E-state index < -0.39 is 0 Å². The van der Waals surface area contributed by atoms with Gasteiger partial charge in [-0.05, 0) is 64.3 Å². The monoisotopic (exact) mass is 348 g/mol. The van der Waals surface area contributed by atoms with Crippen LogP contribution in [0.5, 0.6) is 0 Å². The van der Waals surface area contributed by atoms with Crippen LogP contribution in [0.3, 0.4) is 0 Å². The van der Waals surface area contributed by atoms with E-state index in [1.165, 1.54) is 41.1 Å². The van der Waals surface area contributed by atoms with Gasteiger partial charge in [0.1, 0.15) is 0 Å². The standard InChI is InChI=1S/C22H28N4/c1-15-12-19(17(3)25(15)20-10-11-20)13-23-14-22-16(2)24-26(18(22)4)21-8-6-5-7-9-21/h5-9,12,20,23H,10-11,13-14H2,1-4H3. The van der Waals surface area contributed by atoms with Crippen molar-refractivity contribution in [3.63, 3.8) is 0 Å². The first-order chi connectivity index (χ1) is 12.6. The molecule has 2 heterocycles. The molecule has 0 amide bonds. The number of nitrogens with one attached hydrogen (secondary N) is 1. The zero-order valence-electron chi connectivity index (χ0n) is 16.2. The summed E-state index contributed by atoms with van der Waals surface area (Å²) in [6.07, 6.45) is 2.67. The molecule has 4 heteroatoms. The molecule has 1 fully saturated rings. The molecule has 1 N–H and O–H groups in total. The fourth-order valence-electron chi connectivity index (χ4n) is 3.99. The minimum atomic E-state index is 0.748. The summed E-state index contributed by atoms with van der Waals surface area (Å²) in [5.74, 6) is 0. The predicted octanol–water partition coefficient (Wildman–Crippen LogP) is 4.53. The Hall–Kier alpha value is -2.33. The molecule has 0 bridgehead atoms. The highest BCUT2D eigenvalue weighted by atomic mass is 15.3. The van der Waals surface area contributed by atoms with Crippen LogP contribution in [-0.4, -0.2) is 14.3 Å². The highest BCUT2D eigenvalue weighted by Gasteiger charge is 2.26. The molecule has 0 aliphatic heterocycles. The van der Waals surface area contributed by atoms with Crippen molar-refractivity contribution in [1.29, 1.82) is 0 Å². The van der Waals surface area contributed by atoms with Crippen LogP contribution in [0.4, 0.5) is 0 Å². The lowest BCUT2D eigenvalue weighted by atomic mass is 10.2. The molecule has 1 aromatic carbocycles. The van der Waals surface area contributed by atoms with Crippen molar-refractivity contribution in [2.45, 2.75) is 59.7 Å². The molecule has 3 aromatic rings. The molecular weight excluding hydrogens is 320 g/mol. The van der Waals surface area contributed by atoms with Crippen molar-refractivity contribution < 1.29 is 0 Å². The molecular formula is C22H28N4. The van der Waals surface area contributed by atoms with Crippen molar-refractivity contribution in [2.24, 2.45) is 0 Å². The van der Waals surface area contributed by atoms with E-state index in [1.807, 2.05) is 10.7 Å². The van der Waals surface area contributed by atoms with Crippen LogP contribution >= 0.6 is 0 Å². The van der Waals surface area contributed by atoms with Crippen molar-refractivity contribution in [2.75, 3.05) is 0 Å². The predicted molar refractivity (Wildman–Crippen MR) is 106 cm³/mol. The number of hydrogen-bond donors (Lipinski definition) is 1. The molecule has 4 rings (SSSR count). The molecule has 0 radical (unpaired) electrons. The average Bonchev–Trinajstić information content (AvgIpc) is 3.37. The number of hydrogen-bond acceptors (Lipinski definition) is 2. The fraction of sp³-hybridized carbons (Fsp3) is 0.409. The number of benzene rings is 1. The molecule has 0 atom stereocenters. The first kappa shape index (κ1) is 17.1. The lowest BCUT2D eigenvalue weighted by Crippen LogP contribution is -2.14. The average molecular weight is 348 g/mol. The van der Waals surface area contributed by atoms with E-state index in [9.17, 15) is 0 Å². The maximum atomic E-state index is 4.75. The van der Waals surface area contributed by atoms with Crippen LogP contribution in [0.2, 0.25) is 0 Å². The van der Waals surface area contributed by atoms with Gasteiger partial charge < -0.3 is 9.88 Å². The summed E-state index contributed by atoms with van der Waals surface area (Å²) in [6, 6.07) is 13.4. The Morgan fingerprint density at radius 2 is 1.73 bits per heavy atom. The number of nitrogens with zero attached hydrogens (tertiary/aromatic N) is 3. The molecule has 0 saturated heterocycles. The van der Waals surface area contributed by atoms with Crippen molar-refractivity contribution in [3.05, 3.63) is 70.3 Å². The summed E-state index contributed by atoms with van der Waals surface area (Å²) in [6.45, 7) is 10.5. The van der Waals surface area contributed by atoms with Gasteiger partial charge in [0.25, 0.3) is 0 Å². The summed E-state index contributed by atoms with van der Waals surface area (Å²) in [5, 5.41) is 8.38. The molecule has 1 aliphatic carbocycles. The third kappa shape index (κ3) is 3.10. The largest absolute Gasteiger partial charge is 0.346 e. The van der Waals surface area contributed by atoms with Crippen LogP contribution in [0, 0.1) is 27.7 Å². The number of aryl methyl sites for hydroxylation is 2. The topological polar surface area (TPSA) is 34.8 Å². The summed E-state index contributed by atoms with van der Waals surface area (Å²) < 4.78 is 4.56. The maximum absolute atomic E-state index is 4.75. The van der Waals surface area contributed by atoms with Gasteiger partial charge >= 0.3 is 0 Å². The van der Waals surface area contributed by atoms with Gasteiger partial charge in [0, 0.05) is 41.8 Å². The van der Waals surface area contributed by atoms with Gasteiger partial charge in [-0.1, -0.05) is 18.2 Å². The van der Waals surface area contributed by atoms with Crippen LogP contribution in [-0.2, 0) is 13.1 Å². The van der Waals surface area contributed by atoms with Crippen LogP contribution in [0.1, 0.15) is 52.8 Å². The van der Waals surface area contributed by atoms with Gasteiger partial charge in [0.15, 0.2) is 0 Å². The van der Waals surface area contributed by atoms with Crippen molar-refractivity contribution >= 4 is 0 Å². The molecule has 0 spiro atoms. The Balaban J connectivity index is 1.47. The molecule has 26 heavy (non-hydrogen) atoms. The summed E-state index contributed by atoms with van der Waals surface area (Å²) in [5.41, 5.74) is 8.96. The lowest BCUT2D eigenvalue weighted by Gasteiger charge is -2.09. The third-order valence-corrected chi connectivity index (χ3v) is 5.56. The quantitative estimate of drug-likeness (QED) is 0.710. The van der Waals surface area contributed by atoms with Crippen LogP contribution < -0.4 is 5.32 Å². The van der Waals surface area contributed by atoms with E-state index in [2.05, 4.69) is 67.9 Å². The fourth-order valence-corrected chi connectivity index (χ4v) is 3.99. The second-order valence-electron chi connectivity index (χ2n) is 7.50. The molecule has 1 saturated carbocycles. The van der Waals surface area contributed by atoms with Gasteiger partial charge in [0.05, 0.1) is 11.4 Å². The number of para-hydroxylation sites is 1. The van der Waals surface area contributed by atoms with E-state index >= 15 is 0 Å². The van der Waals surface area contributed by atoms with Crippen LogP contribution in [0.15, 0.2) is 36.4 Å². The van der Waals surface area contributed by atoms with E-state index in [1.54, 1.807) is 0 Å². The minimum Gasteiger partial charge on any atom is -0.346 e. The third-order valence-electron chi connectivity index (χ3n) is 5.56. The van der Waals surface area contributed by atoms with E-state index in [0.29, 0.717) is 0 Å². The Morgan fingerprint density at radius 1 is 1.00 bits per heavy atom. The van der Waals surface area contributed by atoms with Gasteiger partial charge in [0.2, 0.25) is 0 Å². The van der Waals surface area contributed by atoms with Gasteiger partial charge in [-0.3, -0.25) is 0 Å². The maximum Gasteiger partial charge on any atom is 0.0648 e. The number of aromatic nitrogens is 3. The highest BCUT2D eigenvalue weighted by molar-refractivity contribution is 5.37. The molecule has 4 nitrogen and oxygen atoms in total. The van der Waals surface area contributed by atoms with E-state index in [0.717, 1.165) is 30.5 Å². The molecule has 2 aromatic heterocycles. The Labute approximate surface area is 155 Å². The minimum absolute atomic E-state index is 0.748. The Kier molecular flexibility index (Phi) is 4.45. The van der Waals surface area contributed by atoms with Gasteiger partial charge in [-0.15, -0.1) is 0 Å². The van der Waals surface area contributed by atoms with Crippen molar-refractivity contribution in [3.8, 4) is 5.69 Å². The normalized spacial score (nSPS) is 14.2. The number of rotatable bonds is 6.